The molecular weight excluding hydrogens is 202 g/mol. The number of rotatable bonds is 4. The molecule has 0 aromatic carbocycles. The Balaban J connectivity index is 2.73. The SMILES string of the molecule is CC(C)CN1CCCN(C)C(=O)C1CCN. The lowest BCUT2D eigenvalue weighted by molar-refractivity contribution is -0.134. The summed E-state index contributed by atoms with van der Waals surface area (Å²) in [5.41, 5.74) is 5.61. The Labute approximate surface area is 98.8 Å². The van der Waals surface area contributed by atoms with E-state index in [0.29, 0.717) is 12.5 Å². The Bertz CT molecular complexity index is 230. The molecule has 1 aliphatic heterocycles. The minimum Gasteiger partial charge on any atom is -0.344 e. The number of amides is 1. The van der Waals surface area contributed by atoms with E-state index in [1.54, 1.807) is 0 Å². The molecule has 94 valence electrons. The van der Waals surface area contributed by atoms with Crippen LogP contribution in [0.3, 0.4) is 0 Å². The minimum absolute atomic E-state index is 0.0000926. The Hall–Kier alpha value is -0.610. The van der Waals surface area contributed by atoms with Crippen LogP contribution in [0, 0.1) is 5.92 Å². The molecule has 1 unspecified atom stereocenters. The second-order valence-electron chi connectivity index (χ2n) is 5.10. The maximum atomic E-state index is 12.2. The van der Waals surface area contributed by atoms with Crippen molar-refractivity contribution in [2.45, 2.75) is 32.7 Å². The van der Waals surface area contributed by atoms with Gasteiger partial charge in [-0.15, -0.1) is 0 Å². The molecule has 1 heterocycles. The van der Waals surface area contributed by atoms with E-state index in [1.807, 2.05) is 11.9 Å². The number of carbonyl (C=O) groups is 1. The van der Waals surface area contributed by atoms with E-state index in [-0.39, 0.29) is 11.9 Å². The Morgan fingerprint density at radius 2 is 2.12 bits per heavy atom. The third kappa shape index (κ3) is 3.46. The van der Waals surface area contributed by atoms with Crippen molar-refractivity contribution < 1.29 is 4.79 Å². The maximum Gasteiger partial charge on any atom is 0.239 e. The van der Waals surface area contributed by atoms with E-state index < -0.39 is 0 Å². The average molecular weight is 227 g/mol. The summed E-state index contributed by atoms with van der Waals surface area (Å²) in [6.45, 7) is 7.84. The van der Waals surface area contributed by atoms with Crippen molar-refractivity contribution in [2.75, 3.05) is 33.2 Å². The van der Waals surface area contributed by atoms with E-state index in [0.717, 1.165) is 32.5 Å². The predicted molar refractivity (Wildman–Crippen MR) is 66.1 cm³/mol. The first-order valence-electron chi connectivity index (χ1n) is 6.25. The van der Waals surface area contributed by atoms with Crippen molar-refractivity contribution in [3.63, 3.8) is 0 Å². The van der Waals surface area contributed by atoms with Gasteiger partial charge in [0.1, 0.15) is 0 Å². The number of carbonyl (C=O) groups excluding carboxylic acids is 1. The highest BCUT2D eigenvalue weighted by molar-refractivity contribution is 5.81. The molecule has 4 heteroatoms. The average Bonchev–Trinajstić information content (AvgIpc) is 2.33. The van der Waals surface area contributed by atoms with Gasteiger partial charge in [0.05, 0.1) is 6.04 Å². The van der Waals surface area contributed by atoms with Gasteiger partial charge in [0.25, 0.3) is 0 Å². The van der Waals surface area contributed by atoms with Crippen LogP contribution >= 0.6 is 0 Å². The van der Waals surface area contributed by atoms with Crippen LogP contribution in [0.25, 0.3) is 0 Å². The Kier molecular flexibility index (Phi) is 5.22. The Morgan fingerprint density at radius 3 is 2.69 bits per heavy atom. The zero-order valence-electron chi connectivity index (χ0n) is 10.8. The lowest BCUT2D eigenvalue weighted by Gasteiger charge is -2.30. The van der Waals surface area contributed by atoms with Gasteiger partial charge in [-0.25, -0.2) is 0 Å². The van der Waals surface area contributed by atoms with Crippen LogP contribution in [-0.2, 0) is 4.79 Å². The fourth-order valence-electron chi connectivity index (χ4n) is 2.34. The molecule has 2 N–H and O–H groups in total. The molecule has 1 fully saturated rings. The summed E-state index contributed by atoms with van der Waals surface area (Å²) in [6.07, 6.45) is 1.84. The zero-order valence-corrected chi connectivity index (χ0v) is 10.8. The number of hydrogen-bond acceptors (Lipinski definition) is 3. The molecule has 0 radical (unpaired) electrons. The molecule has 0 aliphatic carbocycles. The molecule has 0 aromatic rings. The Morgan fingerprint density at radius 1 is 1.44 bits per heavy atom. The van der Waals surface area contributed by atoms with E-state index in [4.69, 9.17) is 5.73 Å². The normalized spacial score (nSPS) is 23.9. The van der Waals surface area contributed by atoms with Crippen LogP contribution < -0.4 is 5.73 Å². The fourth-order valence-corrected chi connectivity index (χ4v) is 2.34. The standard InChI is InChI=1S/C12H25N3O/c1-10(2)9-15-8-4-7-14(3)12(16)11(15)5-6-13/h10-11H,4-9,13H2,1-3H3. The third-order valence-corrected chi connectivity index (χ3v) is 3.08. The molecule has 1 saturated heterocycles. The first kappa shape index (κ1) is 13.5. The van der Waals surface area contributed by atoms with Gasteiger partial charge < -0.3 is 10.6 Å². The predicted octanol–water partition coefficient (Wildman–Crippen LogP) is 0.524. The smallest absolute Gasteiger partial charge is 0.239 e. The highest BCUT2D eigenvalue weighted by Crippen LogP contribution is 2.14. The van der Waals surface area contributed by atoms with Gasteiger partial charge in [0, 0.05) is 26.7 Å². The molecule has 0 aromatic heterocycles. The van der Waals surface area contributed by atoms with Crippen molar-refractivity contribution in [2.24, 2.45) is 11.7 Å². The topological polar surface area (TPSA) is 49.6 Å². The second kappa shape index (κ2) is 6.21. The molecule has 0 spiro atoms. The van der Waals surface area contributed by atoms with E-state index >= 15 is 0 Å². The van der Waals surface area contributed by atoms with Crippen LogP contribution in [0.5, 0.6) is 0 Å². The van der Waals surface area contributed by atoms with Crippen LogP contribution in [0.1, 0.15) is 26.7 Å². The van der Waals surface area contributed by atoms with Gasteiger partial charge in [0.2, 0.25) is 5.91 Å². The molecule has 0 bridgehead atoms. The lowest BCUT2D eigenvalue weighted by Crippen LogP contribution is -2.47. The number of nitrogens with zero attached hydrogens (tertiary/aromatic N) is 2. The van der Waals surface area contributed by atoms with Crippen molar-refractivity contribution in [3.05, 3.63) is 0 Å². The summed E-state index contributed by atoms with van der Waals surface area (Å²) in [7, 11) is 1.89. The van der Waals surface area contributed by atoms with Crippen LogP contribution in [0.2, 0.25) is 0 Å². The molecule has 16 heavy (non-hydrogen) atoms. The van der Waals surface area contributed by atoms with E-state index in [2.05, 4.69) is 18.7 Å². The van der Waals surface area contributed by atoms with Gasteiger partial charge in [-0.2, -0.15) is 0 Å². The summed E-state index contributed by atoms with van der Waals surface area (Å²) in [5.74, 6) is 0.833. The molecule has 1 rings (SSSR count). The summed E-state index contributed by atoms with van der Waals surface area (Å²) < 4.78 is 0. The van der Waals surface area contributed by atoms with Crippen molar-refractivity contribution in [1.29, 1.82) is 0 Å². The van der Waals surface area contributed by atoms with Crippen molar-refractivity contribution in [1.82, 2.24) is 9.80 Å². The highest BCUT2D eigenvalue weighted by atomic mass is 16.2. The van der Waals surface area contributed by atoms with E-state index in [9.17, 15) is 4.79 Å². The van der Waals surface area contributed by atoms with Gasteiger partial charge in [-0.1, -0.05) is 13.8 Å². The third-order valence-electron chi connectivity index (χ3n) is 3.08. The van der Waals surface area contributed by atoms with Crippen LogP contribution in [-0.4, -0.2) is 55.0 Å². The largest absolute Gasteiger partial charge is 0.344 e. The van der Waals surface area contributed by atoms with Crippen LogP contribution in [0.15, 0.2) is 0 Å². The monoisotopic (exact) mass is 227 g/mol. The van der Waals surface area contributed by atoms with Gasteiger partial charge in [0.15, 0.2) is 0 Å². The fraction of sp³-hybridized carbons (Fsp3) is 0.917. The second-order valence-corrected chi connectivity index (χ2v) is 5.10. The van der Waals surface area contributed by atoms with Crippen molar-refractivity contribution in [3.8, 4) is 0 Å². The number of hydrogen-bond donors (Lipinski definition) is 1. The van der Waals surface area contributed by atoms with Gasteiger partial charge in [-0.05, 0) is 25.3 Å². The summed E-state index contributed by atoms with van der Waals surface area (Å²) in [4.78, 5) is 16.3. The van der Waals surface area contributed by atoms with Crippen LogP contribution in [0.4, 0.5) is 0 Å². The number of likely N-dealkylation sites (N-methyl/N-ethyl adjacent to an activating group) is 1. The molecule has 0 saturated carbocycles. The van der Waals surface area contributed by atoms with Gasteiger partial charge in [-0.3, -0.25) is 9.69 Å². The molecule has 1 atom stereocenters. The summed E-state index contributed by atoms with van der Waals surface area (Å²) in [6, 6.07) is -0.0000926. The minimum atomic E-state index is -0.0000926. The number of nitrogens with two attached hydrogens (primary N) is 1. The molecular formula is C12H25N3O. The molecule has 1 amide bonds. The first-order chi connectivity index (χ1) is 7.56. The summed E-state index contributed by atoms with van der Waals surface area (Å²) in [5, 5.41) is 0. The van der Waals surface area contributed by atoms with Crippen molar-refractivity contribution >= 4 is 5.91 Å². The molecule has 4 nitrogen and oxygen atoms in total. The lowest BCUT2D eigenvalue weighted by atomic mass is 10.1. The molecule has 1 aliphatic rings. The summed E-state index contributed by atoms with van der Waals surface area (Å²) >= 11 is 0. The quantitative estimate of drug-likeness (QED) is 0.762. The zero-order chi connectivity index (χ0) is 12.1. The highest BCUT2D eigenvalue weighted by Gasteiger charge is 2.30. The maximum absolute atomic E-state index is 12.2. The van der Waals surface area contributed by atoms with Gasteiger partial charge >= 0.3 is 0 Å². The first-order valence-corrected chi connectivity index (χ1v) is 6.25. The van der Waals surface area contributed by atoms with E-state index in [1.165, 1.54) is 0 Å².